The zero-order chi connectivity index (χ0) is 14.7. The molecule has 1 aromatic rings. The molecule has 0 radical (unpaired) electrons. The van der Waals surface area contributed by atoms with Crippen molar-refractivity contribution in [3.05, 3.63) is 17.2 Å². The fourth-order valence-corrected chi connectivity index (χ4v) is 2.53. The number of nitrogens with one attached hydrogen (secondary N) is 1. The molecule has 1 fully saturated rings. The van der Waals surface area contributed by atoms with Gasteiger partial charge in [-0.1, -0.05) is 0 Å². The van der Waals surface area contributed by atoms with Crippen LogP contribution in [0, 0.1) is 6.92 Å². The summed E-state index contributed by atoms with van der Waals surface area (Å²) in [6, 6.07) is 2.39. The average Bonchev–Trinajstić information content (AvgIpc) is 2.42. The van der Waals surface area contributed by atoms with Gasteiger partial charge in [-0.3, -0.25) is 4.79 Å². The first-order valence-corrected chi connectivity index (χ1v) is 6.88. The maximum Gasteiger partial charge on any atom is 0.254 e. The minimum Gasteiger partial charge on any atom is -0.480 e. The van der Waals surface area contributed by atoms with Crippen LogP contribution in [0.2, 0.25) is 0 Å². The standard InChI is InChI=1S/C14H22N4O2/c1-8-7-11(12(16)19)14(20-2)18-13(8)17-10-5-3-9(15)4-6-10/h7,9-10H,3-6,15H2,1-2H3,(H2,16,19)(H,17,18). The number of aromatic nitrogens is 1. The number of rotatable bonds is 4. The first kappa shape index (κ1) is 14.6. The van der Waals surface area contributed by atoms with Crippen molar-refractivity contribution in [3.8, 4) is 5.88 Å². The van der Waals surface area contributed by atoms with E-state index in [1.165, 1.54) is 7.11 Å². The van der Waals surface area contributed by atoms with E-state index in [4.69, 9.17) is 16.2 Å². The number of nitrogens with two attached hydrogens (primary N) is 2. The van der Waals surface area contributed by atoms with E-state index in [1.807, 2.05) is 6.92 Å². The highest BCUT2D eigenvalue weighted by molar-refractivity contribution is 5.95. The van der Waals surface area contributed by atoms with E-state index in [2.05, 4.69) is 10.3 Å². The Morgan fingerprint density at radius 1 is 1.40 bits per heavy atom. The second-order valence-electron chi connectivity index (χ2n) is 5.33. The molecular weight excluding hydrogens is 256 g/mol. The monoisotopic (exact) mass is 278 g/mol. The molecule has 1 amide bonds. The number of anilines is 1. The summed E-state index contributed by atoms with van der Waals surface area (Å²) in [5.41, 5.74) is 12.4. The molecule has 5 N–H and O–H groups in total. The molecule has 110 valence electrons. The highest BCUT2D eigenvalue weighted by atomic mass is 16.5. The lowest BCUT2D eigenvalue weighted by atomic mass is 9.92. The molecule has 6 heteroatoms. The van der Waals surface area contributed by atoms with Gasteiger partial charge in [0.25, 0.3) is 5.91 Å². The third-order valence-corrected chi connectivity index (χ3v) is 3.75. The summed E-state index contributed by atoms with van der Waals surface area (Å²) in [6.07, 6.45) is 4.10. The lowest BCUT2D eigenvalue weighted by Crippen LogP contribution is -2.33. The Balaban J connectivity index is 2.17. The third-order valence-electron chi connectivity index (χ3n) is 3.75. The van der Waals surface area contributed by atoms with Crippen molar-refractivity contribution in [1.82, 2.24) is 4.98 Å². The van der Waals surface area contributed by atoms with Gasteiger partial charge in [0.2, 0.25) is 5.88 Å². The number of pyridine rings is 1. The number of aryl methyl sites for hydroxylation is 1. The summed E-state index contributed by atoms with van der Waals surface area (Å²) in [4.78, 5) is 15.7. The van der Waals surface area contributed by atoms with Gasteiger partial charge in [-0.25, -0.2) is 0 Å². The molecule has 20 heavy (non-hydrogen) atoms. The van der Waals surface area contributed by atoms with Gasteiger partial charge in [-0.05, 0) is 44.2 Å². The molecule has 0 saturated heterocycles. The Labute approximate surface area is 118 Å². The summed E-state index contributed by atoms with van der Waals surface area (Å²) in [6.45, 7) is 1.90. The summed E-state index contributed by atoms with van der Waals surface area (Å²) < 4.78 is 5.14. The van der Waals surface area contributed by atoms with Crippen LogP contribution in [-0.2, 0) is 0 Å². The van der Waals surface area contributed by atoms with E-state index in [0.29, 0.717) is 17.6 Å². The molecule has 6 nitrogen and oxygen atoms in total. The van der Waals surface area contributed by atoms with E-state index in [0.717, 1.165) is 37.1 Å². The number of amides is 1. The third kappa shape index (κ3) is 3.19. The second-order valence-corrected chi connectivity index (χ2v) is 5.33. The van der Waals surface area contributed by atoms with Crippen LogP contribution in [0.1, 0.15) is 41.6 Å². The van der Waals surface area contributed by atoms with Gasteiger partial charge in [-0.15, -0.1) is 0 Å². The normalized spacial score (nSPS) is 22.4. The number of hydrogen-bond donors (Lipinski definition) is 3. The van der Waals surface area contributed by atoms with Crippen LogP contribution in [0.25, 0.3) is 0 Å². The predicted molar refractivity (Wildman–Crippen MR) is 77.9 cm³/mol. The van der Waals surface area contributed by atoms with Crippen LogP contribution in [0.4, 0.5) is 5.82 Å². The number of carbonyl (C=O) groups excluding carboxylic acids is 1. The topological polar surface area (TPSA) is 103 Å². The van der Waals surface area contributed by atoms with Gasteiger partial charge in [0, 0.05) is 12.1 Å². The van der Waals surface area contributed by atoms with Crippen molar-refractivity contribution >= 4 is 11.7 Å². The SMILES string of the molecule is COc1nc(NC2CCC(N)CC2)c(C)cc1C(N)=O. The van der Waals surface area contributed by atoms with Crippen LogP contribution in [0.15, 0.2) is 6.07 Å². The molecule has 1 saturated carbocycles. The van der Waals surface area contributed by atoms with Gasteiger partial charge >= 0.3 is 0 Å². The molecule has 1 aliphatic carbocycles. The summed E-state index contributed by atoms with van der Waals surface area (Å²) in [7, 11) is 1.48. The van der Waals surface area contributed by atoms with Crippen LogP contribution >= 0.6 is 0 Å². The Morgan fingerprint density at radius 3 is 2.60 bits per heavy atom. The molecule has 2 rings (SSSR count). The number of hydrogen-bond acceptors (Lipinski definition) is 5. The maximum absolute atomic E-state index is 11.3. The second kappa shape index (κ2) is 6.09. The molecule has 0 bridgehead atoms. The van der Waals surface area contributed by atoms with Crippen LogP contribution in [0.5, 0.6) is 5.88 Å². The van der Waals surface area contributed by atoms with Crippen molar-refractivity contribution in [1.29, 1.82) is 0 Å². The van der Waals surface area contributed by atoms with Gasteiger partial charge < -0.3 is 21.5 Å². The predicted octanol–water partition coefficient (Wildman–Crippen LogP) is 1.18. The van der Waals surface area contributed by atoms with Gasteiger partial charge in [0.1, 0.15) is 11.4 Å². The highest BCUT2D eigenvalue weighted by Gasteiger charge is 2.20. The fourth-order valence-electron chi connectivity index (χ4n) is 2.53. The highest BCUT2D eigenvalue weighted by Crippen LogP contribution is 2.26. The van der Waals surface area contributed by atoms with Crippen LogP contribution < -0.4 is 21.5 Å². The Bertz CT molecular complexity index is 496. The largest absolute Gasteiger partial charge is 0.480 e. The Kier molecular flexibility index (Phi) is 4.44. The molecule has 1 aromatic heterocycles. The van der Waals surface area contributed by atoms with Crippen molar-refractivity contribution < 1.29 is 9.53 Å². The number of carbonyl (C=O) groups is 1. The zero-order valence-corrected chi connectivity index (χ0v) is 12.0. The number of ether oxygens (including phenoxy) is 1. The molecule has 0 spiro atoms. The minimum atomic E-state index is -0.535. The molecule has 1 heterocycles. The minimum absolute atomic E-state index is 0.262. The van der Waals surface area contributed by atoms with E-state index in [9.17, 15) is 4.79 Å². The van der Waals surface area contributed by atoms with E-state index in [-0.39, 0.29) is 5.88 Å². The van der Waals surface area contributed by atoms with Crippen molar-refractivity contribution in [2.45, 2.75) is 44.7 Å². The molecule has 0 unspecified atom stereocenters. The van der Waals surface area contributed by atoms with Crippen LogP contribution in [-0.4, -0.2) is 30.1 Å². The molecular formula is C14H22N4O2. The Morgan fingerprint density at radius 2 is 2.05 bits per heavy atom. The quantitative estimate of drug-likeness (QED) is 0.767. The van der Waals surface area contributed by atoms with Crippen molar-refractivity contribution in [2.75, 3.05) is 12.4 Å². The first-order valence-electron chi connectivity index (χ1n) is 6.88. The summed E-state index contributed by atoms with van der Waals surface area (Å²) >= 11 is 0. The lowest BCUT2D eigenvalue weighted by molar-refractivity contribution is 0.0996. The smallest absolute Gasteiger partial charge is 0.254 e. The van der Waals surface area contributed by atoms with E-state index in [1.54, 1.807) is 6.07 Å². The summed E-state index contributed by atoms with van der Waals surface area (Å²) in [5.74, 6) is 0.470. The summed E-state index contributed by atoms with van der Waals surface area (Å²) in [5, 5.41) is 3.41. The van der Waals surface area contributed by atoms with Crippen molar-refractivity contribution in [3.63, 3.8) is 0 Å². The first-order chi connectivity index (χ1) is 9.51. The van der Waals surface area contributed by atoms with E-state index >= 15 is 0 Å². The van der Waals surface area contributed by atoms with Crippen LogP contribution in [0.3, 0.4) is 0 Å². The average molecular weight is 278 g/mol. The Hall–Kier alpha value is -1.82. The fraction of sp³-hybridized carbons (Fsp3) is 0.571. The van der Waals surface area contributed by atoms with Gasteiger partial charge in [0.15, 0.2) is 0 Å². The number of primary amides is 1. The maximum atomic E-state index is 11.3. The molecule has 0 atom stereocenters. The molecule has 0 aliphatic heterocycles. The lowest BCUT2D eigenvalue weighted by Gasteiger charge is -2.28. The molecule has 1 aliphatic rings. The van der Waals surface area contributed by atoms with Gasteiger partial charge in [-0.2, -0.15) is 4.98 Å². The van der Waals surface area contributed by atoms with Crippen molar-refractivity contribution in [2.24, 2.45) is 11.5 Å². The zero-order valence-electron chi connectivity index (χ0n) is 12.0. The van der Waals surface area contributed by atoms with E-state index < -0.39 is 5.91 Å². The number of methoxy groups -OCH3 is 1. The number of nitrogens with zero attached hydrogens (tertiary/aromatic N) is 1. The van der Waals surface area contributed by atoms with Gasteiger partial charge in [0.05, 0.1) is 7.11 Å². The molecule has 0 aromatic carbocycles.